The molecule has 0 bridgehead atoms. The van der Waals surface area contributed by atoms with Crippen molar-refractivity contribution in [1.82, 2.24) is 0 Å². The minimum atomic E-state index is -0.728. The number of benzene rings is 1. The highest BCUT2D eigenvalue weighted by molar-refractivity contribution is 6.30. The van der Waals surface area contributed by atoms with E-state index in [1.807, 2.05) is 12.1 Å². The Hall–Kier alpha value is -0.730. The van der Waals surface area contributed by atoms with Gasteiger partial charge >= 0.3 is 0 Å². The van der Waals surface area contributed by atoms with Gasteiger partial charge in [-0.3, -0.25) is 0 Å². The molecule has 1 aromatic carbocycles. The van der Waals surface area contributed by atoms with Crippen LogP contribution in [0.5, 0.6) is 5.75 Å². The number of methoxy groups -OCH3 is 1. The van der Waals surface area contributed by atoms with Crippen molar-refractivity contribution < 1.29 is 9.84 Å². The van der Waals surface area contributed by atoms with Crippen LogP contribution < -0.4 is 4.74 Å². The summed E-state index contributed by atoms with van der Waals surface area (Å²) in [6.45, 7) is 0. The molecule has 2 rings (SSSR count). The number of ether oxygens (including phenoxy) is 1. The predicted molar refractivity (Wildman–Crippen MR) is 65.0 cm³/mol. The lowest BCUT2D eigenvalue weighted by Crippen LogP contribution is -2.28. The molecule has 0 aromatic heterocycles. The van der Waals surface area contributed by atoms with Gasteiger partial charge < -0.3 is 9.84 Å². The molecular weight excluding hydrogens is 224 g/mol. The summed E-state index contributed by atoms with van der Waals surface area (Å²) in [7, 11) is 1.61. The fourth-order valence-corrected chi connectivity index (χ4v) is 2.62. The summed E-state index contributed by atoms with van der Waals surface area (Å²) in [5.74, 6) is 0.692. The van der Waals surface area contributed by atoms with Crippen LogP contribution in [0.15, 0.2) is 18.2 Å². The fourth-order valence-electron chi connectivity index (χ4n) is 2.46. The third-order valence-corrected chi connectivity index (χ3v) is 3.58. The zero-order chi connectivity index (χ0) is 11.6. The van der Waals surface area contributed by atoms with Gasteiger partial charge in [-0.1, -0.05) is 36.9 Å². The summed E-state index contributed by atoms with van der Waals surface area (Å²) < 4.78 is 5.30. The zero-order valence-corrected chi connectivity index (χ0v) is 10.3. The largest absolute Gasteiger partial charge is 0.496 e. The van der Waals surface area contributed by atoms with Crippen molar-refractivity contribution in [1.29, 1.82) is 0 Å². The fraction of sp³-hybridized carbons (Fsp3) is 0.538. The highest BCUT2D eigenvalue weighted by Gasteiger charge is 2.33. The molecule has 1 aromatic rings. The Bertz CT molecular complexity index is 370. The Morgan fingerprint density at radius 2 is 1.94 bits per heavy atom. The lowest BCUT2D eigenvalue weighted by Gasteiger charge is -2.33. The molecule has 0 unspecified atom stereocenters. The molecule has 3 heteroatoms. The van der Waals surface area contributed by atoms with E-state index in [1.165, 1.54) is 6.42 Å². The van der Waals surface area contributed by atoms with Crippen LogP contribution in [0.4, 0.5) is 0 Å². The van der Waals surface area contributed by atoms with Gasteiger partial charge in [0, 0.05) is 10.6 Å². The normalized spacial score (nSPS) is 19.4. The first-order valence-corrected chi connectivity index (χ1v) is 6.10. The van der Waals surface area contributed by atoms with E-state index in [4.69, 9.17) is 16.3 Å². The van der Waals surface area contributed by atoms with E-state index < -0.39 is 5.60 Å². The first-order valence-electron chi connectivity index (χ1n) is 5.72. The van der Waals surface area contributed by atoms with Crippen molar-refractivity contribution in [3.05, 3.63) is 28.8 Å². The smallest absolute Gasteiger partial charge is 0.126 e. The first-order chi connectivity index (χ1) is 7.65. The molecule has 0 saturated heterocycles. The van der Waals surface area contributed by atoms with Gasteiger partial charge in [-0.25, -0.2) is 0 Å². The van der Waals surface area contributed by atoms with Crippen molar-refractivity contribution in [2.75, 3.05) is 7.11 Å². The van der Waals surface area contributed by atoms with Gasteiger partial charge in [0.25, 0.3) is 0 Å². The summed E-state index contributed by atoms with van der Waals surface area (Å²) in [4.78, 5) is 0. The third kappa shape index (κ3) is 2.18. The highest BCUT2D eigenvalue weighted by Crippen LogP contribution is 2.41. The highest BCUT2D eigenvalue weighted by atomic mass is 35.5. The Labute approximate surface area is 101 Å². The molecule has 88 valence electrons. The quantitative estimate of drug-likeness (QED) is 0.858. The number of rotatable bonds is 2. The lowest BCUT2D eigenvalue weighted by molar-refractivity contribution is -0.00256. The molecular formula is C13H17ClO2. The number of hydrogen-bond acceptors (Lipinski definition) is 2. The molecule has 0 aliphatic heterocycles. The molecule has 1 aliphatic carbocycles. The molecule has 1 N–H and O–H groups in total. The molecule has 2 nitrogen and oxygen atoms in total. The SMILES string of the molecule is COc1cc(Cl)ccc1C1(O)CCCCC1. The summed E-state index contributed by atoms with van der Waals surface area (Å²) in [6, 6.07) is 5.46. The van der Waals surface area contributed by atoms with E-state index in [-0.39, 0.29) is 0 Å². The van der Waals surface area contributed by atoms with Gasteiger partial charge in [-0.05, 0) is 25.0 Å². The molecule has 0 atom stereocenters. The Balaban J connectivity index is 2.37. The Morgan fingerprint density at radius 3 is 2.56 bits per heavy atom. The molecule has 0 radical (unpaired) electrons. The van der Waals surface area contributed by atoms with E-state index >= 15 is 0 Å². The van der Waals surface area contributed by atoms with Crippen LogP contribution in [0.1, 0.15) is 37.7 Å². The molecule has 0 spiro atoms. The van der Waals surface area contributed by atoms with Crippen molar-refractivity contribution in [3.8, 4) is 5.75 Å². The minimum Gasteiger partial charge on any atom is -0.496 e. The van der Waals surface area contributed by atoms with E-state index in [9.17, 15) is 5.11 Å². The Kier molecular flexibility index (Phi) is 3.41. The topological polar surface area (TPSA) is 29.5 Å². The zero-order valence-electron chi connectivity index (χ0n) is 9.50. The van der Waals surface area contributed by atoms with Gasteiger partial charge in [0.1, 0.15) is 5.75 Å². The Morgan fingerprint density at radius 1 is 1.25 bits per heavy atom. The maximum absolute atomic E-state index is 10.6. The number of halogens is 1. The van der Waals surface area contributed by atoms with Crippen molar-refractivity contribution in [2.45, 2.75) is 37.7 Å². The van der Waals surface area contributed by atoms with Gasteiger partial charge in [0.05, 0.1) is 12.7 Å². The third-order valence-electron chi connectivity index (χ3n) is 3.35. The lowest BCUT2D eigenvalue weighted by atomic mass is 9.79. The first kappa shape index (κ1) is 11.7. The van der Waals surface area contributed by atoms with Crippen LogP contribution in [-0.4, -0.2) is 12.2 Å². The summed E-state index contributed by atoms with van der Waals surface area (Å²) in [5, 5.41) is 11.3. The summed E-state index contributed by atoms with van der Waals surface area (Å²) in [5.41, 5.74) is 0.146. The summed E-state index contributed by atoms with van der Waals surface area (Å²) in [6.07, 6.45) is 4.97. The van der Waals surface area contributed by atoms with Gasteiger partial charge in [0.2, 0.25) is 0 Å². The van der Waals surface area contributed by atoms with E-state index in [2.05, 4.69) is 0 Å². The van der Waals surface area contributed by atoms with Crippen LogP contribution in [-0.2, 0) is 5.60 Å². The monoisotopic (exact) mass is 240 g/mol. The van der Waals surface area contributed by atoms with E-state index in [0.717, 1.165) is 31.2 Å². The predicted octanol–water partition coefficient (Wildman–Crippen LogP) is 3.50. The average molecular weight is 241 g/mol. The van der Waals surface area contributed by atoms with Crippen LogP contribution >= 0.6 is 11.6 Å². The average Bonchev–Trinajstić information content (AvgIpc) is 2.29. The second kappa shape index (κ2) is 4.64. The molecule has 0 heterocycles. The second-order valence-corrected chi connectivity index (χ2v) is 4.87. The summed E-state index contributed by atoms with van der Waals surface area (Å²) >= 11 is 5.92. The van der Waals surface area contributed by atoms with Crippen molar-refractivity contribution in [2.24, 2.45) is 0 Å². The van der Waals surface area contributed by atoms with Gasteiger partial charge in [-0.2, -0.15) is 0 Å². The maximum Gasteiger partial charge on any atom is 0.126 e. The maximum atomic E-state index is 10.6. The van der Waals surface area contributed by atoms with Crippen molar-refractivity contribution in [3.63, 3.8) is 0 Å². The standard InChI is InChI=1S/C13H17ClO2/c1-16-12-9-10(14)5-6-11(12)13(15)7-3-2-4-8-13/h5-6,9,15H,2-4,7-8H2,1H3. The number of hydrogen-bond donors (Lipinski definition) is 1. The van der Waals surface area contributed by atoms with Crippen LogP contribution in [0.2, 0.25) is 5.02 Å². The minimum absolute atomic E-state index is 0.639. The molecule has 1 saturated carbocycles. The number of aliphatic hydroxyl groups is 1. The van der Waals surface area contributed by atoms with E-state index in [0.29, 0.717) is 10.8 Å². The van der Waals surface area contributed by atoms with Crippen molar-refractivity contribution >= 4 is 11.6 Å². The molecule has 0 amide bonds. The molecule has 1 aliphatic rings. The van der Waals surface area contributed by atoms with E-state index in [1.54, 1.807) is 13.2 Å². The van der Waals surface area contributed by atoms with Gasteiger partial charge in [-0.15, -0.1) is 0 Å². The molecule has 1 fully saturated rings. The second-order valence-electron chi connectivity index (χ2n) is 4.44. The molecule has 16 heavy (non-hydrogen) atoms. The van der Waals surface area contributed by atoms with Crippen LogP contribution in [0.3, 0.4) is 0 Å². The van der Waals surface area contributed by atoms with Crippen LogP contribution in [0.25, 0.3) is 0 Å². The van der Waals surface area contributed by atoms with Gasteiger partial charge in [0.15, 0.2) is 0 Å². The van der Waals surface area contributed by atoms with Crippen LogP contribution in [0, 0.1) is 0 Å².